The predicted octanol–water partition coefficient (Wildman–Crippen LogP) is -2.05. The Bertz CT molecular complexity index is 256. The first kappa shape index (κ1) is 10.9. The van der Waals surface area contributed by atoms with Crippen molar-refractivity contribution in [3.8, 4) is 0 Å². The highest BCUT2D eigenvalue weighted by Crippen LogP contribution is 2.26. The Labute approximate surface area is 82.0 Å². The fourth-order valence-corrected chi connectivity index (χ4v) is 1.29. The van der Waals surface area contributed by atoms with Crippen LogP contribution in [-0.2, 0) is 14.3 Å². The van der Waals surface area contributed by atoms with Gasteiger partial charge >= 0.3 is 0 Å². The molecule has 0 aromatic carbocycles. The van der Waals surface area contributed by atoms with E-state index in [0.717, 1.165) is 0 Å². The van der Waals surface area contributed by atoms with E-state index >= 15 is 0 Å². The van der Waals surface area contributed by atoms with E-state index in [-0.39, 0.29) is 25.1 Å². The fourth-order valence-electron chi connectivity index (χ4n) is 1.29. The Hall–Kier alpha value is -1.14. The number of nitrogens with two attached hydrogens (primary N) is 2. The van der Waals surface area contributed by atoms with E-state index in [4.69, 9.17) is 16.2 Å². The highest BCUT2D eigenvalue weighted by atomic mass is 16.5. The number of primary amides is 1. The van der Waals surface area contributed by atoms with Crippen LogP contribution >= 0.6 is 0 Å². The summed E-state index contributed by atoms with van der Waals surface area (Å²) in [6.45, 7) is 2.18. The maximum atomic E-state index is 11.6. The van der Waals surface area contributed by atoms with Crippen molar-refractivity contribution in [2.24, 2.45) is 16.9 Å². The number of rotatable bonds is 3. The molecule has 80 valence electrons. The minimum Gasteiger partial charge on any atom is -0.379 e. The smallest absolute Gasteiger partial charge is 0.236 e. The topological polar surface area (TPSA) is 107 Å². The molecule has 1 fully saturated rings. The first-order valence-corrected chi connectivity index (χ1v) is 4.37. The van der Waals surface area contributed by atoms with E-state index in [1.807, 2.05) is 0 Å². The fraction of sp³-hybridized carbons (Fsp3) is 0.750. The molecule has 0 aromatic heterocycles. The summed E-state index contributed by atoms with van der Waals surface area (Å²) in [7, 11) is 0. The molecule has 6 heteroatoms. The van der Waals surface area contributed by atoms with Gasteiger partial charge < -0.3 is 21.5 Å². The van der Waals surface area contributed by atoms with E-state index in [2.05, 4.69) is 5.32 Å². The van der Waals surface area contributed by atoms with Gasteiger partial charge in [-0.3, -0.25) is 9.59 Å². The Morgan fingerprint density at radius 1 is 1.64 bits per heavy atom. The molecule has 14 heavy (non-hydrogen) atoms. The summed E-state index contributed by atoms with van der Waals surface area (Å²) in [6, 6.07) is -0.338. The van der Waals surface area contributed by atoms with E-state index in [9.17, 15) is 9.59 Å². The van der Waals surface area contributed by atoms with Gasteiger partial charge in [0.05, 0.1) is 25.2 Å². The molecule has 0 saturated carbocycles. The van der Waals surface area contributed by atoms with Crippen molar-refractivity contribution in [2.75, 3.05) is 19.8 Å². The lowest BCUT2D eigenvalue weighted by molar-refractivity contribution is -0.132. The Balaban J connectivity index is 2.54. The van der Waals surface area contributed by atoms with Gasteiger partial charge in [-0.05, 0) is 6.92 Å². The van der Waals surface area contributed by atoms with Gasteiger partial charge in [0.25, 0.3) is 0 Å². The molecule has 1 heterocycles. The zero-order chi connectivity index (χ0) is 10.8. The second-order valence-electron chi connectivity index (χ2n) is 3.69. The highest BCUT2D eigenvalue weighted by Gasteiger charge is 2.44. The summed E-state index contributed by atoms with van der Waals surface area (Å²) in [5.41, 5.74) is 9.87. The molecule has 1 aliphatic heterocycles. The van der Waals surface area contributed by atoms with E-state index in [1.54, 1.807) is 6.92 Å². The Kier molecular flexibility index (Phi) is 3.07. The molecule has 1 aliphatic rings. The minimum atomic E-state index is -0.755. The summed E-state index contributed by atoms with van der Waals surface area (Å²) in [5.74, 6) is -0.865. The molecular formula is C8H15N3O3. The first-order valence-electron chi connectivity index (χ1n) is 4.37. The zero-order valence-corrected chi connectivity index (χ0v) is 8.08. The minimum absolute atomic E-state index is 0.166. The van der Waals surface area contributed by atoms with Crippen LogP contribution in [0, 0.1) is 5.41 Å². The number of carbonyl (C=O) groups excluding carboxylic acids is 2. The second kappa shape index (κ2) is 3.93. The number of amides is 2. The number of hydrogen-bond acceptors (Lipinski definition) is 4. The van der Waals surface area contributed by atoms with Crippen LogP contribution in [0.25, 0.3) is 0 Å². The third kappa shape index (κ3) is 2.02. The lowest BCUT2D eigenvalue weighted by Crippen LogP contribution is -2.51. The maximum absolute atomic E-state index is 11.6. The molecular weight excluding hydrogens is 186 g/mol. The van der Waals surface area contributed by atoms with Crippen LogP contribution in [0.5, 0.6) is 0 Å². The summed E-state index contributed by atoms with van der Waals surface area (Å²) in [4.78, 5) is 22.1. The molecule has 6 nitrogen and oxygen atoms in total. The lowest BCUT2D eigenvalue weighted by atomic mass is 9.85. The Morgan fingerprint density at radius 2 is 2.29 bits per heavy atom. The molecule has 2 amide bonds. The summed E-state index contributed by atoms with van der Waals surface area (Å²) >= 11 is 0. The SMILES string of the molecule is CC1(C(=O)NCC(N)=O)COCC1N. The average Bonchev–Trinajstić information content (AvgIpc) is 2.44. The van der Waals surface area contributed by atoms with Gasteiger partial charge in [-0.25, -0.2) is 0 Å². The van der Waals surface area contributed by atoms with Crippen molar-refractivity contribution in [3.63, 3.8) is 0 Å². The molecule has 0 spiro atoms. The maximum Gasteiger partial charge on any atom is 0.236 e. The number of nitrogens with one attached hydrogen (secondary N) is 1. The van der Waals surface area contributed by atoms with Crippen LogP contribution in [0.4, 0.5) is 0 Å². The number of carbonyl (C=O) groups is 2. The van der Waals surface area contributed by atoms with E-state index < -0.39 is 11.3 Å². The number of hydrogen-bond donors (Lipinski definition) is 3. The third-order valence-electron chi connectivity index (χ3n) is 2.46. The van der Waals surface area contributed by atoms with Gasteiger partial charge in [-0.1, -0.05) is 0 Å². The molecule has 0 radical (unpaired) electrons. The normalized spacial score (nSPS) is 31.4. The molecule has 1 saturated heterocycles. The molecule has 5 N–H and O–H groups in total. The second-order valence-corrected chi connectivity index (χ2v) is 3.69. The summed E-state index contributed by atoms with van der Waals surface area (Å²) < 4.78 is 5.10. The van der Waals surface area contributed by atoms with Crippen molar-refractivity contribution >= 4 is 11.8 Å². The monoisotopic (exact) mass is 201 g/mol. The molecule has 0 bridgehead atoms. The van der Waals surface area contributed by atoms with Gasteiger partial charge in [0.2, 0.25) is 11.8 Å². The van der Waals surface area contributed by atoms with Crippen LogP contribution in [0.15, 0.2) is 0 Å². The molecule has 0 aromatic rings. The molecule has 2 atom stereocenters. The van der Waals surface area contributed by atoms with Gasteiger partial charge in [-0.2, -0.15) is 0 Å². The first-order chi connectivity index (χ1) is 6.47. The largest absolute Gasteiger partial charge is 0.379 e. The van der Waals surface area contributed by atoms with Crippen molar-refractivity contribution < 1.29 is 14.3 Å². The van der Waals surface area contributed by atoms with Crippen LogP contribution in [0.1, 0.15) is 6.92 Å². The summed E-state index contributed by atoms with van der Waals surface area (Å²) in [6.07, 6.45) is 0. The van der Waals surface area contributed by atoms with E-state index in [1.165, 1.54) is 0 Å². The molecule has 1 rings (SSSR count). The van der Waals surface area contributed by atoms with Gasteiger partial charge in [0.1, 0.15) is 0 Å². The van der Waals surface area contributed by atoms with Gasteiger partial charge in [-0.15, -0.1) is 0 Å². The standard InChI is InChI=1S/C8H15N3O3/c1-8(4-14-3-5(8)9)7(13)11-2-6(10)12/h5H,2-4,9H2,1H3,(H2,10,12)(H,11,13). The average molecular weight is 201 g/mol. The van der Waals surface area contributed by atoms with Crippen LogP contribution in [0.3, 0.4) is 0 Å². The van der Waals surface area contributed by atoms with Crippen LogP contribution in [-0.4, -0.2) is 37.6 Å². The van der Waals surface area contributed by atoms with Crippen molar-refractivity contribution in [2.45, 2.75) is 13.0 Å². The lowest BCUT2D eigenvalue weighted by Gasteiger charge is -2.24. The van der Waals surface area contributed by atoms with Crippen molar-refractivity contribution in [3.05, 3.63) is 0 Å². The Morgan fingerprint density at radius 3 is 2.71 bits per heavy atom. The third-order valence-corrected chi connectivity index (χ3v) is 2.46. The molecule has 2 unspecified atom stereocenters. The van der Waals surface area contributed by atoms with Gasteiger partial charge in [0, 0.05) is 6.04 Å². The predicted molar refractivity (Wildman–Crippen MR) is 49.1 cm³/mol. The van der Waals surface area contributed by atoms with Crippen LogP contribution in [0.2, 0.25) is 0 Å². The number of ether oxygens (including phenoxy) is 1. The van der Waals surface area contributed by atoms with E-state index in [0.29, 0.717) is 6.61 Å². The van der Waals surface area contributed by atoms with Crippen molar-refractivity contribution in [1.82, 2.24) is 5.32 Å². The van der Waals surface area contributed by atoms with Crippen molar-refractivity contribution in [1.29, 1.82) is 0 Å². The summed E-state index contributed by atoms with van der Waals surface area (Å²) in [5, 5.41) is 2.42. The van der Waals surface area contributed by atoms with Crippen LogP contribution < -0.4 is 16.8 Å². The van der Waals surface area contributed by atoms with Gasteiger partial charge in [0.15, 0.2) is 0 Å². The quantitative estimate of drug-likeness (QED) is 0.488. The molecule has 0 aliphatic carbocycles. The zero-order valence-electron chi connectivity index (χ0n) is 8.08. The highest BCUT2D eigenvalue weighted by molar-refractivity contribution is 5.87.